The number of phenols is 1. The Balaban J connectivity index is 3.59. The number of sulfonamides is 1. The van der Waals surface area contributed by atoms with Crippen molar-refractivity contribution in [2.24, 2.45) is 0 Å². The van der Waals surface area contributed by atoms with Crippen LogP contribution in [0.5, 0.6) is 5.75 Å². The Hall–Kier alpha value is -1.23. The molecule has 0 bridgehead atoms. The fourth-order valence-electron chi connectivity index (χ4n) is 2.05. The van der Waals surface area contributed by atoms with Gasteiger partial charge in [-0.1, -0.05) is 41.5 Å². The number of aromatic hydroxyl groups is 1. The fraction of sp³-hybridized carbons (Fsp3) is 0.600. The summed E-state index contributed by atoms with van der Waals surface area (Å²) in [6.07, 6.45) is 1.12. The lowest BCUT2D eigenvalue weighted by atomic mass is 9.79. The molecule has 4 nitrogen and oxygen atoms in total. The Morgan fingerprint density at radius 3 is 1.55 bits per heavy atom. The lowest BCUT2D eigenvalue weighted by molar-refractivity contribution is 0.423. The third-order valence-electron chi connectivity index (χ3n) is 3.03. The van der Waals surface area contributed by atoms with Crippen LogP contribution in [0.2, 0.25) is 0 Å². The molecule has 5 heteroatoms. The van der Waals surface area contributed by atoms with Crippen LogP contribution in [0.1, 0.15) is 52.7 Å². The lowest BCUT2D eigenvalue weighted by Gasteiger charge is -2.28. The van der Waals surface area contributed by atoms with E-state index in [2.05, 4.69) is 4.72 Å². The maximum atomic E-state index is 11.4. The van der Waals surface area contributed by atoms with E-state index in [1.54, 1.807) is 12.1 Å². The second kappa shape index (κ2) is 4.95. The van der Waals surface area contributed by atoms with Gasteiger partial charge in [0.1, 0.15) is 5.75 Å². The van der Waals surface area contributed by atoms with Crippen molar-refractivity contribution in [1.82, 2.24) is 0 Å². The molecule has 0 unspecified atom stereocenters. The second-order valence-corrected chi connectivity index (χ2v) is 9.04. The predicted molar refractivity (Wildman–Crippen MR) is 84.0 cm³/mol. The molecule has 0 saturated carbocycles. The summed E-state index contributed by atoms with van der Waals surface area (Å²) < 4.78 is 25.4. The summed E-state index contributed by atoms with van der Waals surface area (Å²) in [7, 11) is -3.35. The van der Waals surface area contributed by atoms with Gasteiger partial charge in [-0.25, -0.2) is 8.42 Å². The van der Waals surface area contributed by atoms with E-state index in [0.29, 0.717) is 5.69 Å². The molecule has 2 N–H and O–H groups in total. The van der Waals surface area contributed by atoms with Crippen LogP contribution in [0, 0.1) is 0 Å². The smallest absolute Gasteiger partial charge is 0.229 e. The van der Waals surface area contributed by atoms with Crippen molar-refractivity contribution in [2.45, 2.75) is 52.4 Å². The van der Waals surface area contributed by atoms with Crippen LogP contribution >= 0.6 is 0 Å². The van der Waals surface area contributed by atoms with E-state index in [0.717, 1.165) is 17.4 Å². The molecule has 114 valence electrons. The molecule has 0 atom stereocenters. The van der Waals surface area contributed by atoms with Crippen molar-refractivity contribution < 1.29 is 13.5 Å². The number of hydrogen-bond acceptors (Lipinski definition) is 3. The summed E-state index contributed by atoms with van der Waals surface area (Å²) in [6.45, 7) is 11.9. The summed E-state index contributed by atoms with van der Waals surface area (Å²) in [6, 6.07) is 3.40. The van der Waals surface area contributed by atoms with Crippen LogP contribution in [0.15, 0.2) is 12.1 Å². The third-order valence-corrected chi connectivity index (χ3v) is 3.64. The van der Waals surface area contributed by atoms with Gasteiger partial charge in [-0.2, -0.15) is 0 Å². The zero-order valence-corrected chi connectivity index (χ0v) is 14.1. The average molecular weight is 299 g/mol. The maximum Gasteiger partial charge on any atom is 0.229 e. The van der Waals surface area contributed by atoms with Crippen LogP contribution < -0.4 is 4.72 Å². The van der Waals surface area contributed by atoms with Crippen LogP contribution in [0.3, 0.4) is 0 Å². The standard InChI is InChI=1S/C15H25NO3S/c1-14(2,3)11-8-10(16-20(7,18)19)9-12(13(11)17)15(4,5)6/h8-9,16-17H,1-7H3. The van der Waals surface area contributed by atoms with Gasteiger partial charge in [-0.15, -0.1) is 0 Å². The van der Waals surface area contributed by atoms with E-state index in [-0.39, 0.29) is 16.6 Å². The zero-order chi connectivity index (χ0) is 15.9. The molecule has 0 radical (unpaired) electrons. The molecule has 20 heavy (non-hydrogen) atoms. The van der Waals surface area contributed by atoms with E-state index in [9.17, 15) is 13.5 Å². The largest absolute Gasteiger partial charge is 0.507 e. The van der Waals surface area contributed by atoms with E-state index in [1.165, 1.54) is 0 Å². The summed E-state index contributed by atoms with van der Waals surface area (Å²) in [5.74, 6) is 0.240. The van der Waals surface area contributed by atoms with Gasteiger partial charge in [0.25, 0.3) is 0 Å². The highest BCUT2D eigenvalue weighted by Crippen LogP contribution is 2.41. The molecule has 0 heterocycles. The highest BCUT2D eigenvalue weighted by atomic mass is 32.2. The van der Waals surface area contributed by atoms with Gasteiger partial charge in [-0.05, 0) is 23.0 Å². The first-order valence-electron chi connectivity index (χ1n) is 6.57. The number of anilines is 1. The van der Waals surface area contributed by atoms with Crippen molar-refractivity contribution in [3.63, 3.8) is 0 Å². The highest BCUT2D eigenvalue weighted by Gasteiger charge is 2.26. The van der Waals surface area contributed by atoms with Crippen LogP contribution in [-0.4, -0.2) is 19.8 Å². The molecular formula is C15H25NO3S. The van der Waals surface area contributed by atoms with Gasteiger partial charge in [0.05, 0.1) is 6.26 Å². The highest BCUT2D eigenvalue weighted by molar-refractivity contribution is 7.92. The zero-order valence-electron chi connectivity index (χ0n) is 13.3. The monoisotopic (exact) mass is 299 g/mol. The first kappa shape index (κ1) is 16.8. The summed E-state index contributed by atoms with van der Waals surface area (Å²) in [5.41, 5.74) is 1.39. The quantitative estimate of drug-likeness (QED) is 0.823. The number of benzene rings is 1. The van der Waals surface area contributed by atoms with Gasteiger partial charge < -0.3 is 5.11 Å². The van der Waals surface area contributed by atoms with E-state index in [1.807, 2.05) is 41.5 Å². The molecule has 0 aliphatic heterocycles. The second-order valence-electron chi connectivity index (χ2n) is 7.29. The van der Waals surface area contributed by atoms with Gasteiger partial charge >= 0.3 is 0 Å². The van der Waals surface area contributed by atoms with Crippen LogP contribution in [0.25, 0.3) is 0 Å². The van der Waals surface area contributed by atoms with Crippen molar-refractivity contribution >= 4 is 15.7 Å². The average Bonchev–Trinajstić information content (AvgIpc) is 2.14. The summed E-state index contributed by atoms with van der Waals surface area (Å²) in [5, 5.41) is 10.5. The van der Waals surface area contributed by atoms with E-state index < -0.39 is 10.0 Å². The summed E-state index contributed by atoms with van der Waals surface area (Å²) >= 11 is 0. The Labute approximate surface area is 122 Å². The minimum atomic E-state index is -3.35. The molecule has 0 saturated heterocycles. The molecule has 0 fully saturated rings. The van der Waals surface area contributed by atoms with Crippen molar-refractivity contribution in [3.05, 3.63) is 23.3 Å². The van der Waals surface area contributed by atoms with Crippen molar-refractivity contribution in [1.29, 1.82) is 0 Å². The van der Waals surface area contributed by atoms with Gasteiger partial charge in [0, 0.05) is 16.8 Å². The SMILES string of the molecule is CC(C)(C)c1cc(NS(C)(=O)=O)cc(C(C)(C)C)c1O. The fourth-order valence-corrected chi connectivity index (χ4v) is 2.60. The topological polar surface area (TPSA) is 66.4 Å². The molecule has 0 aliphatic carbocycles. The van der Waals surface area contributed by atoms with E-state index in [4.69, 9.17) is 0 Å². The summed E-state index contributed by atoms with van der Waals surface area (Å²) in [4.78, 5) is 0. The molecule has 0 amide bonds. The number of nitrogens with one attached hydrogen (secondary N) is 1. The lowest BCUT2D eigenvalue weighted by Crippen LogP contribution is -2.19. The Bertz CT molecular complexity index is 570. The molecule has 0 aliphatic rings. The van der Waals surface area contributed by atoms with Crippen LogP contribution in [0.4, 0.5) is 5.69 Å². The van der Waals surface area contributed by atoms with Crippen molar-refractivity contribution in [3.8, 4) is 5.75 Å². The maximum absolute atomic E-state index is 11.4. The van der Waals surface area contributed by atoms with Gasteiger partial charge in [-0.3, -0.25) is 4.72 Å². The third kappa shape index (κ3) is 4.13. The molecule has 0 aromatic heterocycles. The first-order valence-corrected chi connectivity index (χ1v) is 8.47. The minimum Gasteiger partial charge on any atom is -0.507 e. The Morgan fingerprint density at radius 2 is 1.30 bits per heavy atom. The number of hydrogen-bond donors (Lipinski definition) is 2. The molecule has 1 aromatic rings. The van der Waals surface area contributed by atoms with Gasteiger partial charge in [0.2, 0.25) is 10.0 Å². The normalized spacial score (nSPS) is 13.3. The molecule has 0 spiro atoms. The number of rotatable bonds is 2. The Kier molecular flexibility index (Phi) is 4.16. The minimum absolute atomic E-state index is 0.240. The molecule has 1 aromatic carbocycles. The van der Waals surface area contributed by atoms with E-state index >= 15 is 0 Å². The predicted octanol–water partition coefficient (Wildman–Crippen LogP) is 3.36. The van der Waals surface area contributed by atoms with Crippen molar-refractivity contribution in [2.75, 3.05) is 11.0 Å². The molecular weight excluding hydrogens is 274 g/mol. The van der Waals surface area contributed by atoms with Crippen LogP contribution in [-0.2, 0) is 20.9 Å². The molecule has 1 rings (SSSR count). The first-order chi connectivity index (χ1) is 8.72. The van der Waals surface area contributed by atoms with Gasteiger partial charge in [0.15, 0.2) is 0 Å². The number of phenolic OH excluding ortho intramolecular Hbond substituents is 1. The Morgan fingerprint density at radius 1 is 0.950 bits per heavy atom.